The van der Waals surface area contributed by atoms with Crippen molar-refractivity contribution >= 4 is 23.4 Å². The quantitative estimate of drug-likeness (QED) is 0.240. The minimum atomic E-state index is -0.840. The number of fused-ring (bicyclic) bond motifs is 1. The molecule has 5 rings (SSSR count). The predicted molar refractivity (Wildman–Crippen MR) is 162 cm³/mol. The fraction of sp³-hybridized carbons (Fsp3) is 0.242. The summed E-state index contributed by atoms with van der Waals surface area (Å²) in [5, 5.41) is 0. The van der Waals surface area contributed by atoms with Crippen LogP contribution >= 0.6 is 11.3 Å². The van der Waals surface area contributed by atoms with Crippen LogP contribution in [0.25, 0.3) is 6.08 Å². The Morgan fingerprint density at radius 3 is 2.51 bits per heavy atom. The standard InChI is InChI=1S/C33H31FN2O6S/c1-5-40-30-25(11-8-12-26(30)39-4)29-28(32(38)41-6-2)20(3)35-33-36(29)31(37)27(43-33)18-21-13-15-24(16-14-21)42-19-22-9-7-10-23(34)17-22/h7-18,29H,5-6,19H2,1-4H3. The number of benzene rings is 3. The molecule has 1 aliphatic heterocycles. The molecule has 0 aliphatic carbocycles. The highest BCUT2D eigenvalue weighted by molar-refractivity contribution is 7.07. The van der Waals surface area contributed by atoms with Gasteiger partial charge < -0.3 is 18.9 Å². The van der Waals surface area contributed by atoms with E-state index in [0.717, 1.165) is 11.1 Å². The molecule has 1 aromatic heterocycles. The molecule has 0 saturated heterocycles. The molecular formula is C33H31FN2O6S. The van der Waals surface area contributed by atoms with Gasteiger partial charge in [-0.1, -0.05) is 47.7 Å². The van der Waals surface area contributed by atoms with E-state index in [9.17, 15) is 14.0 Å². The molecular weight excluding hydrogens is 571 g/mol. The minimum absolute atomic E-state index is 0.172. The highest BCUT2D eigenvalue weighted by atomic mass is 32.1. The smallest absolute Gasteiger partial charge is 0.338 e. The first kappa shape index (κ1) is 29.8. The number of ether oxygens (including phenoxy) is 4. The summed E-state index contributed by atoms with van der Waals surface area (Å²) in [4.78, 5) is 32.4. The maximum absolute atomic E-state index is 14.0. The van der Waals surface area contributed by atoms with Gasteiger partial charge in [-0.15, -0.1) is 0 Å². The summed E-state index contributed by atoms with van der Waals surface area (Å²) in [6, 6.07) is 18.0. The van der Waals surface area contributed by atoms with Crippen LogP contribution in [0.5, 0.6) is 17.2 Å². The average Bonchev–Trinajstić information content (AvgIpc) is 3.30. The van der Waals surface area contributed by atoms with Gasteiger partial charge in [0.2, 0.25) is 0 Å². The van der Waals surface area contributed by atoms with Gasteiger partial charge in [0.1, 0.15) is 24.2 Å². The number of hydrogen-bond donors (Lipinski definition) is 0. The lowest BCUT2D eigenvalue weighted by Crippen LogP contribution is -2.40. The predicted octanol–water partition coefficient (Wildman–Crippen LogP) is 4.92. The first-order chi connectivity index (χ1) is 20.8. The molecule has 0 fully saturated rings. The maximum atomic E-state index is 14.0. The van der Waals surface area contributed by atoms with E-state index in [4.69, 9.17) is 18.9 Å². The molecule has 4 aromatic rings. The molecule has 1 unspecified atom stereocenters. The summed E-state index contributed by atoms with van der Waals surface area (Å²) >= 11 is 1.23. The van der Waals surface area contributed by atoms with Crippen molar-refractivity contribution in [1.82, 2.24) is 4.57 Å². The lowest BCUT2D eigenvalue weighted by atomic mass is 9.94. The fourth-order valence-corrected chi connectivity index (χ4v) is 5.95. The topological polar surface area (TPSA) is 88.4 Å². The van der Waals surface area contributed by atoms with Gasteiger partial charge in [-0.25, -0.2) is 14.2 Å². The average molecular weight is 603 g/mol. The molecule has 1 atom stereocenters. The Bertz CT molecular complexity index is 1860. The number of hydrogen-bond acceptors (Lipinski definition) is 8. The van der Waals surface area contributed by atoms with E-state index >= 15 is 0 Å². The SMILES string of the molecule is CCOC(=O)C1=C(C)N=c2sc(=Cc3ccc(OCc4cccc(F)c4)cc3)c(=O)n2C1c1cccc(OC)c1OCC. The molecule has 3 aromatic carbocycles. The number of nitrogens with zero attached hydrogens (tertiary/aromatic N) is 2. The van der Waals surface area contributed by atoms with Crippen LogP contribution < -0.4 is 29.1 Å². The van der Waals surface area contributed by atoms with Crippen LogP contribution in [0, 0.1) is 5.82 Å². The van der Waals surface area contributed by atoms with Crippen molar-refractivity contribution in [3.63, 3.8) is 0 Å². The Hall–Kier alpha value is -4.70. The Balaban J connectivity index is 1.56. The second-order valence-corrected chi connectivity index (χ2v) is 10.6. The lowest BCUT2D eigenvalue weighted by molar-refractivity contribution is -0.139. The van der Waals surface area contributed by atoms with Crippen molar-refractivity contribution in [2.75, 3.05) is 20.3 Å². The highest BCUT2D eigenvalue weighted by Crippen LogP contribution is 2.40. The van der Waals surface area contributed by atoms with Crippen molar-refractivity contribution in [2.45, 2.75) is 33.4 Å². The molecule has 0 amide bonds. The van der Waals surface area contributed by atoms with Crippen LogP contribution in [0.3, 0.4) is 0 Å². The molecule has 0 spiro atoms. The molecule has 8 nitrogen and oxygen atoms in total. The van der Waals surface area contributed by atoms with E-state index in [1.54, 1.807) is 56.3 Å². The lowest BCUT2D eigenvalue weighted by Gasteiger charge is -2.26. The van der Waals surface area contributed by atoms with Crippen LogP contribution in [0.4, 0.5) is 4.39 Å². The van der Waals surface area contributed by atoms with Crippen molar-refractivity contribution in [1.29, 1.82) is 0 Å². The van der Waals surface area contributed by atoms with Gasteiger partial charge in [0, 0.05) is 5.56 Å². The molecule has 0 N–H and O–H groups in total. The third-order valence-electron chi connectivity index (χ3n) is 6.80. The molecule has 43 heavy (non-hydrogen) atoms. The first-order valence-electron chi connectivity index (χ1n) is 13.8. The zero-order chi connectivity index (χ0) is 30.5. The molecule has 10 heteroatoms. The van der Waals surface area contributed by atoms with Crippen LogP contribution in [0.15, 0.2) is 87.8 Å². The van der Waals surface area contributed by atoms with Crippen LogP contribution in [-0.2, 0) is 16.1 Å². The first-order valence-corrected chi connectivity index (χ1v) is 14.6. The number of methoxy groups -OCH3 is 1. The maximum Gasteiger partial charge on any atom is 0.338 e. The van der Waals surface area contributed by atoms with Gasteiger partial charge >= 0.3 is 5.97 Å². The second kappa shape index (κ2) is 13.1. The zero-order valence-corrected chi connectivity index (χ0v) is 25.1. The Morgan fingerprint density at radius 1 is 1.05 bits per heavy atom. The van der Waals surface area contributed by atoms with Crippen molar-refractivity contribution in [3.05, 3.63) is 120 Å². The van der Waals surface area contributed by atoms with Crippen LogP contribution in [-0.4, -0.2) is 30.9 Å². The van der Waals surface area contributed by atoms with Gasteiger partial charge in [0.15, 0.2) is 16.3 Å². The fourth-order valence-electron chi connectivity index (χ4n) is 4.90. The van der Waals surface area contributed by atoms with E-state index in [-0.39, 0.29) is 30.2 Å². The molecule has 0 bridgehead atoms. The van der Waals surface area contributed by atoms with E-state index in [2.05, 4.69) is 4.99 Å². The molecule has 0 saturated carbocycles. The molecule has 2 heterocycles. The Labute approximate surface area is 252 Å². The van der Waals surface area contributed by atoms with Crippen molar-refractivity contribution < 1.29 is 28.1 Å². The number of carbonyl (C=O) groups excluding carboxylic acids is 1. The summed E-state index contributed by atoms with van der Waals surface area (Å²) in [6.07, 6.45) is 1.77. The summed E-state index contributed by atoms with van der Waals surface area (Å²) in [6.45, 7) is 6.07. The van der Waals surface area contributed by atoms with Gasteiger partial charge in [-0.3, -0.25) is 9.36 Å². The third kappa shape index (κ3) is 6.24. The molecule has 222 valence electrons. The van der Waals surface area contributed by atoms with E-state index in [1.165, 1.54) is 35.1 Å². The van der Waals surface area contributed by atoms with Crippen LogP contribution in [0.1, 0.15) is 43.5 Å². The van der Waals surface area contributed by atoms with E-state index in [0.29, 0.717) is 44.4 Å². The second-order valence-electron chi connectivity index (χ2n) is 9.60. The minimum Gasteiger partial charge on any atom is -0.493 e. The van der Waals surface area contributed by atoms with E-state index in [1.807, 2.05) is 25.1 Å². The van der Waals surface area contributed by atoms with Crippen LogP contribution in [0.2, 0.25) is 0 Å². The summed E-state index contributed by atoms with van der Waals surface area (Å²) in [7, 11) is 1.54. The Morgan fingerprint density at radius 2 is 1.81 bits per heavy atom. The third-order valence-corrected chi connectivity index (χ3v) is 7.78. The molecule has 1 aliphatic rings. The van der Waals surface area contributed by atoms with Gasteiger partial charge in [-0.2, -0.15) is 0 Å². The largest absolute Gasteiger partial charge is 0.493 e. The number of esters is 1. The number of thiazole rings is 1. The summed E-state index contributed by atoms with van der Waals surface area (Å²) in [5.74, 6) is 0.669. The van der Waals surface area contributed by atoms with Gasteiger partial charge in [0.05, 0.1) is 36.1 Å². The van der Waals surface area contributed by atoms with Crippen molar-refractivity contribution in [3.8, 4) is 17.2 Å². The number of rotatable bonds is 10. The normalized spacial score (nSPS) is 14.6. The van der Waals surface area contributed by atoms with Crippen molar-refractivity contribution in [2.24, 2.45) is 4.99 Å². The number of allylic oxidation sites excluding steroid dienone is 1. The number of para-hydroxylation sites is 1. The molecule has 0 radical (unpaired) electrons. The highest BCUT2D eigenvalue weighted by Gasteiger charge is 2.36. The Kier molecular flexibility index (Phi) is 9.06. The number of halogens is 1. The monoisotopic (exact) mass is 602 g/mol. The van der Waals surface area contributed by atoms with Gasteiger partial charge in [-0.05, 0) is 68.3 Å². The van der Waals surface area contributed by atoms with Gasteiger partial charge in [0.25, 0.3) is 5.56 Å². The summed E-state index contributed by atoms with van der Waals surface area (Å²) in [5.41, 5.74) is 2.50. The zero-order valence-electron chi connectivity index (χ0n) is 24.3. The summed E-state index contributed by atoms with van der Waals surface area (Å²) < 4.78 is 38.2. The number of aromatic nitrogens is 1. The van der Waals surface area contributed by atoms with E-state index < -0.39 is 12.0 Å². The number of carbonyl (C=O) groups is 1.